The number of rotatable bonds is 3. The second kappa shape index (κ2) is 6.69. The van der Waals surface area contributed by atoms with Crippen LogP contribution in [0, 0.1) is 0 Å². The van der Waals surface area contributed by atoms with Crippen molar-refractivity contribution in [1.82, 2.24) is 0 Å². The van der Waals surface area contributed by atoms with Crippen LogP contribution < -0.4 is 0 Å². The Hall–Kier alpha value is -3.68. The first-order chi connectivity index (χ1) is 14.9. The summed E-state index contributed by atoms with van der Waals surface area (Å²) in [6.45, 7) is 0.00363. The fraction of sp³-hybridized carbons (Fsp3) is 0.0345. The summed E-state index contributed by atoms with van der Waals surface area (Å²) in [6, 6.07) is 36.3. The van der Waals surface area contributed by atoms with E-state index in [1.807, 2.05) is 12.1 Å². The van der Waals surface area contributed by atoms with Crippen molar-refractivity contribution in [3.05, 3.63) is 109 Å². The van der Waals surface area contributed by atoms with E-state index in [1.54, 1.807) is 0 Å². The molecule has 1 N–H and O–H groups in total. The van der Waals surface area contributed by atoms with E-state index < -0.39 is 0 Å². The summed E-state index contributed by atoms with van der Waals surface area (Å²) >= 11 is 0. The van der Waals surface area contributed by atoms with Gasteiger partial charge in [-0.05, 0) is 66.9 Å². The van der Waals surface area contributed by atoms with Gasteiger partial charge in [0.1, 0.15) is 0 Å². The highest BCUT2D eigenvalue weighted by Gasteiger charge is 2.29. The smallest absolute Gasteiger partial charge is 0.0688 e. The molecule has 0 aliphatic heterocycles. The summed E-state index contributed by atoms with van der Waals surface area (Å²) in [5.41, 5.74) is 10.6. The highest BCUT2D eigenvalue weighted by atomic mass is 16.3. The summed E-state index contributed by atoms with van der Waals surface area (Å²) in [5.74, 6) is 0. The minimum absolute atomic E-state index is 0.00363. The predicted octanol–water partition coefficient (Wildman–Crippen LogP) is 7.31. The molecule has 6 rings (SSSR count). The molecule has 0 atom stereocenters. The van der Waals surface area contributed by atoms with Crippen LogP contribution in [0.25, 0.3) is 55.3 Å². The Labute approximate surface area is 175 Å². The van der Waals surface area contributed by atoms with E-state index in [0.717, 1.165) is 16.7 Å². The van der Waals surface area contributed by atoms with Crippen molar-refractivity contribution < 1.29 is 5.11 Å². The standard InChI is InChI=1S/C29H20O/c30-18-22-17-25(19-9-3-1-4-10-19)28-23-15-7-13-21-14-8-16-24(27(21)23)29(28)26(22)20-11-5-2-6-12-20/h1-17,30H,18H2. The van der Waals surface area contributed by atoms with Crippen molar-refractivity contribution in [3.8, 4) is 44.5 Å². The normalized spacial score (nSPS) is 11.6. The molecule has 0 aromatic heterocycles. The molecule has 0 spiro atoms. The van der Waals surface area contributed by atoms with Crippen LogP contribution in [0.15, 0.2) is 103 Å². The van der Waals surface area contributed by atoms with E-state index in [2.05, 4.69) is 91.0 Å². The van der Waals surface area contributed by atoms with Crippen molar-refractivity contribution in [2.75, 3.05) is 0 Å². The molecule has 0 amide bonds. The van der Waals surface area contributed by atoms with Gasteiger partial charge in [0.05, 0.1) is 6.61 Å². The van der Waals surface area contributed by atoms with Crippen molar-refractivity contribution in [2.45, 2.75) is 6.61 Å². The van der Waals surface area contributed by atoms with Crippen LogP contribution >= 0.6 is 0 Å². The van der Waals surface area contributed by atoms with Crippen molar-refractivity contribution in [2.24, 2.45) is 0 Å². The average Bonchev–Trinajstić information content (AvgIpc) is 3.16. The zero-order valence-corrected chi connectivity index (χ0v) is 16.5. The Kier molecular flexibility index (Phi) is 3.83. The molecule has 0 saturated carbocycles. The number of aliphatic hydroxyl groups is 1. The van der Waals surface area contributed by atoms with Crippen LogP contribution in [0.3, 0.4) is 0 Å². The predicted molar refractivity (Wildman–Crippen MR) is 125 cm³/mol. The highest BCUT2D eigenvalue weighted by Crippen LogP contribution is 2.55. The van der Waals surface area contributed by atoms with Crippen LogP contribution in [0.4, 0.5) is 0 Å². The van der Waals surface area contributed by atoms with Gasteiger partial charge in [-0.2, -0.15) is 0 Å². The SMILES string of the molecule is OCc1cc(-c2ccccc2)c2c(c1-c1ccccc1)-c1cccc3cccc-2c13. The van der Waals surface area contributed by atoms with Gasteiger partial charge in [0.15, 0.2) is 0 Å². The maximum Gasteiger partial charge on any atom is 0.0688 e. The molecule has 1 heteroatoms. The fourth-order valence-electron chi connectivity index (χ4n) is 4.95. The number of hydrogen-bond donors (Lipinski definition) is 1. The largest absolute Gasteiger partial charge is 0.392 e. The summed E-state index contributed by atoms with van der Waals surface area (Å²) in [5, 5.41) is 13.0. The zero-order valence-electron chi connectivity index (χ0n) is 16.5. The summed E-state index contributed by atoms with van der Waals surface area (Å²) in [4.78, 5) is 0. The van der Waals surface area contributed by atoms with Gasteiger partial charge in [0.25, 0.3) is 0 Å². The van der Waals surface area contributed by atoms with Gasteiger partial charge in [0, 0.05) is 0 Å². The van der Waals surface area contributed by atoms with E-state index in [9.17, 15) is 5.11 Å². The summed E-state index contributed by atoms with van der Waals surface area (Å²) in [7, 11) is 0. The first-order valence-corrected chi connectivity index (χ1v) is 10.3. The highest BCUT2D eigenvalue weighted by molar-refractivity contribution is 6.21. The van der Waals surface area contributed by atoms with Gasteiger partial charge >= 0.3 is 0 Å². The second-order valence-corrected chi connectivity index (χ2v) is 7.81. The third-order valence-electron chi connectivity index (χ3n) is 6.17. The van der Waals surface area contributed by atoms with Gasteiger partial charge in [-0.15, -0.1) is 0 Å². The van der Waals surface area contributed by atoms with Gasteiger partial charge in [-0.1, -0.05) is 97.1 Å². The molecular weight excluding hydrogens is 364 g/mol. The third-order valence-corrected chi connectivity index (χ3v) is 6.17. The Bertz CT molecular complexity index is 1390. The van der Waals surface area contributed by atoms with Crippen molar-refractivity contribution in [3.63, 3.8) is 0 Å². The molecule has 0 unspecified atom stereocenters. The van der Waals surface area contributed by atoms with Crippen LogP contribution in [-0.2, 0) is 6.61 Å². The molecular formula is C29H20O. The molecule has 1 aliphatic carbocycles. The lowest BCUT2D eigenvalue weighted by Gasteiger charge is -2.19. The quantitative estimate of drug-likeness (QED) is 0.339. The van der Waals surface area contributed by atoms with E-state index in [1.165, 1.54) is 44.2 Å². The Morgan fingerprint density at radius 2 is 1.10 bits per heavy atom. The van der Waals surface area contributed by atoms with Gasteiger partial charge < -0.3 is 5.11 Å². The molecule has 5 aromatic rings. The zero-order chi connectivity index (χ0) is 20.1. The van der Waals surface area contributed by atoms with E-state index in [0.29, 0.717) is 0 Å². The molecule has 0 fully saturated rings. The minimum atomic E-state index is 0.00363. The van der Waals surface area contributed by atoms with Crippen LogP contribution in [0.1, 0.15) is 5.56 Å². The second-order valence-electron chi connectivity index (χ2n) is 7.81. The first-order valence-electron chi connectivity index (χ1n) is 10.3. The lowest BCUT2D eigenvalue weighted by Crippen LogP contribution is -1.97. The molecule has 30 heavy (non-hydrogen) atoms. The lowest BCUT2D eigenvalue weighted by atomic mass is 9.84. The van der Waals surface area contributed by atoms with Gasteiger partial charge in [0.2, 0.25) is 0 Å². The molecule has 0 heterocycles. The van der Waals surface area contributed by atoms with Crippen LogP contribution in [-0.4, -0.2) is 5.11 Å². The Morgan fingerprint density at radius 1 is 0.500 bits per heavy atom. The topological polar surface area (TPSA) is 20.2 Å². The van der Waals surface area contributed by atoms with Crippen molar-refractivity contribution in [1.29, 1.82) is 0 Å². The monoisotopic (exact) mass is 384 g/mol. The maximum atomic E-state index is 10.4. The molecule has 142 valence electrons. The van der Waals surface area contributed by atoms with E-state index >= 15 is 0 Å². The Morgan fingerprint density at radius 3 is 1.73 bits per heavy atom. The number of aliphatic hydroxyl groups excluding tert-OH is 1. The molecule has 1 aliphatic rings. The van der Waals surface area contributed by atoms with Crippen LogP contribution in [0.2, 0.25) is 0 Å². The molecule has 1 nitrogen and oxygen atoms in total. The van der Waals surface area contributed by atoms with Crippen LogP contribution in [0.5, 0.6) is 0 Å². The van der Waals surface area contributed by atoms with E-state index in [-0.39, 0.29) is 6.61 Å². The summed E-state index contributed by atoms with van der Waals surface area (Å²) in [6.07, 6.45) is 0. The summed E-state index contributed by atoms with van der Waals surface area (Å²) < 4.78 is 0. The van der Waals surface area contributed by atoms with Gasteiger partial charge in [-0.3, -0.25) is 0 Å². The van der Waals surface area contributed by atoms with E-state index in [4.69, 9.17) is 0 Å². The first kappa shape index (κ1) is 17.2. The number of fused-ring (bicyclic) bond motifs is 3. The number of hydrogen-bond acceptors (Lipinski definition) is 1. The Balaban J connectivity index is 1.82. The maximum absolute atomic E-state index is 10.4. The molecule has 0 bridgehead atoms. The number of benzene rings is 5. The average molecular weight is 384 g/mol. The molecule has 5 aromatic carbocycles. The molecule has 0 radical (unpaired) electrons. The third kappa shape index (κ3) is 2.39. The fourth-order valence-corrected chi connectivity index (χ4v) is 4.95. The van der Waals surface area contributed by atoms with Crippen molar-refractivity contribution >= 4 is 10.8 Å². The lowest BCUT2D eigenvalue weighted by molar-refractivity contribution is 0.282. The molecule has 0 saturated heterocycles. The van der Waals surface area contributed by atoms with Gasteiger partial charge in [-0.25, -0.2) is 0 Å². The minimum Gasteiger partial charge on any atom is -0.392 e.